The van der Waals surface area contributed by atoms with Gasteiger partial charge in [0.2, 0.25) is 5.89 Å². The molecule has 5 heteroatoms. The average Bonchev–Trinajstić information content (AvgIpc) is 3.25. The Labute approximate surface area is 175 Å². The van der Waals surface area contributed by atoms with E-state index in [-0.39, 0.29) is 5.91 Å². The van der Waals surface area contributed by atoms with Crippen molar-refractivity contribution in [3.05, 3.63) is 95.7 Å². The van der Waals surface area contributed by atoms with Gasteiger partial charge >= 0.3 is 0 Å². The Bertz CT molecular complexity index is 1160. The fourth-order valence-electron chi connectivity index (χ4n) is 3.22. The molecule has 0 radical (unpaired) electrons. The second-order valence-electron chi connectivity index (χ2n) is 7.03. The second-order valence-corrected chi connectivity index (χ2v) is 7.03. The number of benzene rings is 3. The van der Waals surface area contributed by atoms with Crippen molar-refractivity contribution in [1.82, 2.24) is 4.98 Å². The van der Waals surface area contributed by atoms with Crippen molar-refractivity contribution in [2.45, 2.75) is 13.5 Å². The van der Waals surface area contributed by atoms with Crippen LogP contribution in [0.1, 0.15) is 21.5 Å². The molecular formula is C25H22N2O3. The number of methoxy groups -OCH3 is 1. The Balaban J connectivity index is 1.61. The topological polar surface area (TPSA) is 64.4 Å². The van der Waals surface area contributed by atoms with Gasteiger partial charge in [-0.3, -0.25) is 4.79 Å². The molecule has 1 amide bonds. The first-order chi connectivity index (χ1) is 14.6. The lowest BCUT2D eigenvalue weighted by atomic mass is 10.1. The maximum Gasteiger partial charge on any atom is 0.256 e. The SMILES string of the molecule is COCc1cccc(NC(=O)c2ccccc2-c2ncc(-c3ccc(C)cc3)o2)c1. The van der Waals surface area contributed by atoms with Crippen molar-refractivity contribution in [2.75, 3.05) is 12.4 Å². The Kier molecular flexibility index (Phi) is 5.72. The molecule has 0 saturated heterocycles. The molecule has 4 aromatic rings. The summed E-state index contributed by atoms with van der Waals surface area (Å²) in [5.74, 6) is 0.840. The standard InChI is InChI=1S/C25H22N2O3/c1-17-10-12-19(13-11-17)23-15-26-25(30-23)22-9-4-3-8-21(22)24(28)27-20-7-5-6-18(14-20)16-29-2/h3-15H,16H2,1-2H3,(H,27,28). The number of hydrogen-bond acceptors (Lipinski definition) is 4. The summed E-state index contributed by atoms with van der Waals surface area (Å²) in [5.41, 5.74) is 4.94. The summed E-state index contributed by atoms with van der Waals surface area (Å²) in [6.07, 6.45) is 1.68. The summed E-state index contributed by atoms with van der Waals surface area (Å²) in [5, 5.41) is 2.95. The van der Waals surface area contributed by atoms with Crippen LogP contribution in [0.4, 0.5) is 5.69 Å². The van der Waals surface area contributed by atoms with Crippen molar-refractivity contribution in [1.29, 1.82) is 0 Å². The third kappa shape index (κ3) is 4.31. The second kappa shape index (κ2) is 8.76. The molecule has 0 bridgehead atoms. The highest BCUT2D eigenvalue weighted by Crippen LogP contribution is 2.29. The Hall–Kier alpha value is -3.70. The molecule has 3 aromatic carbocycles. The summed E-state index contributed by atoms with van der Waals surface area (Å²) < 4.78 is 11.1. The van der Waals surface area contributed by atoms with Crippen LogP contribution in [-0.2, 0) is 11.3 Å². The number of aryl methyl sites for hydroxylation is 1. The predicted molar refractivity (Wildman–Crippen MR) is 117 cm³/mol. The van der Waals surface area contributed by atoms with Gasteiger partial charge in [-0.05, 0) is 36.8 Å². The van der Waals surface area contributed by atoms with Gasteiger partial charge in [0.25, 0.3) is 5.91 Å². The minimum absolute atomic E-state index is 0.227. The zero-order valence-corrected chi connectivity index (χ0v) is 16.9. The van der Waals surface area contributed by atoms with Gasteiger partial charge in [0, 0.05) is 23.9 Å². The first kappa shape index (κ1) is 19.6. The molecule has 0 atom stereocenters. The lowest BCUT2D eigenvalue weighted by Gasteiger charge is -2.09. The number of nitrogens with one attached hydrogen (secondary N) is 1. The molecule has 150 valence electrons. The largest absolute Gasteiger partial charge is 0.436 e. The summed E-state index contributed by atoms with van der Waals surface area (Å²) in [4.78, 5) is 17.4. The maximum atomic E-state index is 13.0. The number of amides is 1. The van der Waals surface area contributed by atoms with Gasteiger partial charge in [-0.15, -0.1) is 0 Å². The minimum Gasteiger partial charge on any atom is -0.436 e. The number of rotatable bonds is 6. The van der Waals surface area contributed by atoms with Crippen LogP contribution in [0.25, 0.3) is 22.8 Å². The zero-order valence-electron chi connectivity index (χ0n) is 16.9. The van der Waals surface area contributed by atoms with E-state index in [9.17, 15) is 4.79 Å². The third-order valence-corrected chi connectivity index (χ3v) is 4.74. The number of ether oxygens (including phenoxy) is 1. The van der Waals surface area contributed by atoms with Crippen molar-refractivity contribution >= 4 is 11.6 Å². The van der Waals surface area contributed by atoms with Gasteiger partial charge < -0.3 is 14.5 Å². The van der Waals surface area contributed by atoms with E-state index in [0.717, 1.165) is 11.1 Å². The van der Waals surface area contributed by atoms with Crippen LogP contribution in [-0.4, -0.2) is 18.0 Å². The number of nitrogens with zero attached hydrogens (tertiary/aromatic N) is 1. The van der Waals surface area contributed by atoms with Gasteiger partial charge in [0.15, 0.2) is 5.76 Å². The smallest absolute Gasteiger partial charge is 0.256 e. The normalized spacial score (nSPS) is 10.7. The molecule has 1 N–H and O–H groups in total. The number of aromatic nitrogens is 1. The van der Waals surface area contributed by atoms with Gasteiger partial charge in [0.1, 0.15) is 0 Å². The van der Waals surface area contributed by atoms with Crippen LogP contribution in [0.3, 0.4) is 0 Å². The highest BCUT2D eigenvalue weighted by Gasteiger charge is 2.17. The average molecular weight is 398 g/mol. The third-order valence-electron chi connectivity index (χ3n) is 4.74. The van der Waals surface area contributed by atoms with Crippen LogP contribution in [0.15, 0.2) is 83.4 Å². The summed E-state index contributed by atoms with van der Waals surface area (Å²) in [6.45, 7) is 2.52. The molecule has 5 nitrogen and oxygen atoms in total. The van der Waals surface area contributed by atoms with Crippen molar-refractivity contribution in [3.8, 4) is 22.8 Å². The van der Waals surface area contributed by atoms with E-state index < -0.39 is 0 Å². The first-order valence-electron chi connectivity index (χ1n) is 9.65. The molecule has 4 rings (SSSR count). The molecule has 1 aromatic heterocycles. The highest BCUT2D eigenvalue weighted by atomic mass is 16.5. The molecular weight excluding hydrogens is 376 g/mol. The van der Waals surface area contributed by atoms with Crippen LogP contribution >= 0.6 is 0 Å². The van der Waals surface area contributed by atoms with Crippen LogP contribution < -0.4 is 5.32 Å². The molecule has 0 aliphatic heterocycles. The van der Waals surface area contributed by atoms with E-state index in [0.29, 0.717) is 35.1 Å². The van der Waals surface area contributed by atoms with Crippen molar-refractivity contribution in [2.24, 2.45) is 0 Å². The van der Waals surface area contributed by atoms with Gasteiger partial charge in [-0.2, -0.15) is 0 Å². The number of carbonyl (C=O) groups is 1. The summed E-state index contributed by atoms with van der Waals surface area (Å²) >= 11 is 0. The van der Waals surface area contributed by atoms with Crippen LogP contribution in [0.2, 0.25) is 0 Å². The fraction of sp³-hybridized carbons (Fsp3) is 0.120. The minimum atomic E-state index is -0.227. The van der Waals surface area contributed by atoms with Crippen LogP contribution in [0.5, 0.6) is 0 Å². The molecule has 0 unspecified atom stereocenters. The quantitative estimate of drug-likeness (QED) is 0.451. The van der Waals surface area contributed by atoms with E-state index in [1.807, 2.05) is 73.7 Å². The van der Waals surface area contributed by atoms with E-state index in [2.05, 4.69) is 10.3 Å². The number of carbonyl (C=O) groups excluding carboxylic acids is 1. The van der Waals surface area contributed by atoms with Crippen LogP contribution in [0, 0.1) is 6.92 Å². The molecule has 0 aliphatic rings. The highest BCUT2D eigenvalue weighted by molar-refractivity contribution is 6.08. The number of anilines is 1. The van der Waals surface area contributed by atoms with E-state index >= 15 is 0 Å². The van der Waals surface area contributed by atoms with E-state index in [4.69, 9.17) is 9.15 Å². The van der Waals surface area contributed by atoms with Gasteiger partial charge in [0.05, 0.1) is 18.4 Å². The zero-order chi connectivity index (χ0) is 20.9. The van der Waals surface area contributed by atoms with Crippen molar-refractivity contribution in [3.63, 3.8) is 0 Å². The van der Waals surface area contributed by atoms with Crippen molar-refractivity contribution < 1.29 is 13.9 Å². The molecule has 0 saturated carbocycles. The molecule has 0 aliphatic carbocycles. The fourth-order valence-corrected chi connectivity index (χ4v) is 3.22. The Morgan fingerprint density at radius 2 is 1.83 bits per heavy atom. The summed E-state index contributed by atoms with van der Waals surface area (Å²) in [6, 6.07) is 22.9. The number of hydrogen-bond donors (Lipinski definition) is 1. The van der Waals surface area contributed by atoms with Gasteiger partial charge in [-0.25, -0.2) is 4.98 Å². The lowest BCUT2D eigenvalue weighted by Crippen LogP contribution is -2.13. The lowest BCUT2D eigenvalue weighted by molar-refractivity contribution is 0.102. The van der Waals surface area contributed by atoms with E-state index in [1.54, 1.807) is 19.4 Å². The summed E-state index contributed by atoms with van der Waals surface area (Å²) in [7, 11) is 1.64. The molecule has 1 heterocycles. The van der Waals surface area contributed by atoms with Gasteiger partial charge in [-0.1, -0.05) is 54.1 Å². The number of oxazole rings is 1. The Morgan fingerprint density at radius 1 is 1.03 bits per heavy atom. The Morgan fingerprint density at radius 3 is 2.63 bits per heavy atom. The predicted octanol–water partition coefficient (Wildman–Crippen LogP) is 5.72. The monoisotopic (exact) mass is 398 g/mol. The maximum absolute atomic E-state index is 13.0. The molecule has 30 heavy (non-hydrogen) atoms. The molecule has 0 fully saturated rings. The molecule has 0 spiro atoms. The first-order valence-corrected chi connectivity index (χ1v) is 9.65. The van der Waals surface area contributed by atoms with E-state index in [1.165, 1.54) is 5.56 Å².